The van der Waals surface area contributed by atoms with Crippen LogP contribution < -0.4 is 14.5 Å². The Hall–Kier alpha value is -9.84. The lowest BCUT2D eigenvalue weighted by Crippen LogP contribution is -2.17. The fraction of sp³-hybridized carbons (Fsp3) is 0. The standard InChI is InChI=1S/C68H43N3O2/c1-3-19-47(20-4-1)69(59-31-15-18-44-17-7-8-23-51(44)59)49-35-39-64-67(43-49)72-66-42-46(52-28-16-29-57-56-27-12-14-32-65(56)73-68(52)57)34-38-63(66)71(64)61-40-36-50(53-24-9-10-25-54(53)61)45-33-37-62-58(41-45)55-26-11-13-30-60(55)70(62)48-21-5-2-6-22-48/h1-43H. The van der Waals surface area contributed by atoms with Crippen LogP contribution in [0.1, 0.15) is 0 Å². The number of fused-ring (bicyclic) bond motifs is 10. The summed E-state index contributed by atoms with van der Waals surface area (Å²) in [4.78, 5) is 4.72. The lowest BCUT2D eigenvalue weighted by Gasteiger charge is -2.35. The molecule has 0 N–H and O–H groups in total. The quantitative estimate of drug-likeness (QED) is 0.159. The minimum atomic E-state index is 0.749. The lowest BCUT2D eigenvalue weighted by atomic mass is 9.94. The molecule has 0 aliphatic carbocycles. The van der Waals surface area contributed by atoms with Gasteiger partial charge in [-0.2, -0.15) is 0 Å². The number of aromatic nitrogens is 1. The average Bonchev–Trinajstić information content (AvgIpc) is 4.01. The van der Waals surface area contributed by atoms with Crippen LogP contribution in [0.15, 0.2) is 265 Å². The van der Waals surface area contributed by atoms with Crippen molar-refractivity contribution in [2.75, 3.05) is 9.80 Å². The van der Waals surface area contributed by atoms with Gasteiger partial charge in [-0.05, 0) is 112 Å². The van der Waals surface area contributed by atoms with Crippen LogP contribution in [0.5, 0.6) is 11.5 Å². The van der Waals surface area contributed by atoms with Crippen molar-refractivity contribution in [2.24, 2.45) is 0 Å². The highest BCUT2D eigenvalue weighted by atomic mass is 16.5. The molecule has 342 valence electrons. The van der Waals surface area contributed by atoms with Crippen LogP contribution in [0.25, 0.3) is 93.2 Å². The van der Waals surface area contributed by atoms with E-state index in [-0.39, 0.29) is 0 Å². The molecule has 0 bridgehead atoms. The molecule has 14 aromatic rings. The highest BCUT2D eigenvalue weighted by Gasteiger charge is 2.30. The van der Waals surface area contributed by atoms with Gasteiger partial charge in [-0.3, -0.25) is 0 Å². The zero-order valence-electron chi connectivity index (χ0n) is 39.5. The minimum Gasteiger partial charge on any atom is -0.455 e. The maximum atomic E-state index is 7.23. The SMILES string of the molecule is c1ccc(N(c2ccc3c(c2)Oc2cc(-c4cccc5c4oc4ccccc45)ccc2N3c2ccc(-c3ccc4c(c3)c3ccccc3n4-c3ccccc3)c3ccccc23)c2cccc3ccccc23)cc1. The topological polar surface area (TPSA) is 33.8 Å². The number of hydrogen-bond donors (Lipinski definition) is 0. The molecular weight excluding hydrogens is 891 g/mol. The Bertz CT molecular complexity index is 4490. The summed E-state index contributed by atoms with van der Waals surface area (Å²) in [7, 11) is 0. The van der Waals surface area contributed by atoms with Crippen LogP contribution in [0.4, 0.5) is 34.1 Å². The van der Waals surface area contributed by atoms with Gasteiger partial charge in [-0.15, -0.1) is 0 Å². The summed E-state index contributed by atoms with van der Waals surface area (Å²) in [6.45, 7) is 0. The Morgan fingerprint density at radius 2 is 0.959 bits per heavy atom. The maximum Gasteiger partial charge on any atom is 0.153 e. The number of furan rings is 1. The molecule has 0 saturated heterocycles. The molecule has 5 heteroatoms. The second-order valence-corrected chi connectivity index (χ2v) is 18.8. The van der Waals surface area contributed by atoms with Crippen LogP contribution in [0.2, 0.25) is 0 Å². The van der Waals surface area contributed by atoms with Crippen LogP contribution in [0, 0.1) is 0 Å². The van der Waals surface area contributed by atoms with Crippen molar-refractivity contribution in [1.82, 2.24) is 4.57 Å². The molecule has 73 heavy (non-hydrogen) atoms. The third kappa shape index (κ3) is 6.49. The first kappa shape index (κ1) is 41.0. The number of rotatable bonds is 7. The Balaban J connectivity index is 0.923. The predicted molar refractivity (Wildman–Crippen MR) is 303 cm³/mol. The van der Waals surface area contributed by atoms with Crippen molar-refractivity contribution in [3.8, 4) is 39.4 Å². The monoisotopic (exact) mass is 933 g/mol. The molecule has 0 radical (unpaired) electrons. The van der Waals surface area contributed by atoms with Crippen LogP contribution in [0.3, 0.4) is 0 Å². The second kappa shape index (κ2) is 16.4. The van der Waals surface area contributed by atoms with E-state index in [9.17, 15) is 0 Å². The van der Waals surface area contributed by atoms with Gasteiger partial charge in [0.1, 0.15) is 11.2 Å². The zero-order chi connectivity index (χ0) is 48.0. The third-order valence-electron chi connectivity index (χ3n) is 14.7. The Morgan fingerprint density at radius 3 is 1.82 bits per heavy atom. The first-order chi connectivity index (χ1) is 36.2. The first-order valence-electron chi connectivity index (χ1n) is 24.8. The summed E-state index contributed by atoms with van der Waals surface area (Å²) in [5.74, 6) is 1.50. The molecule has 2 aromatic heterocycles. The molecule has 1 aliphatic rings. The van der Waals surface area contributed by atoms with Crippen LogP contribution >= 0.6 is 0 Å². The summed E-state index contributed by atoms with van der Waals surface area (Å²) >= 11 is 0. The number of nitrogens with zero attached hydrogens (tertiary/aromatic N) is 3. The number of hydrogen-bond acceptors (Lipinski definition) is 4. The van der Waals surface area contributed by atoms with E-state index in [1.54, 1.807) is 0 Å². The van der Waals surface area contributed by atoms with Crippen LogP contribution in [-0.4, -0.2) is 4.57 Å². The van der Waals surface area contributed by atoms with E-state index >= 15 is 0 Å². The Morgan fingerprint density at radius 1 is 0.342 bits per heavy atom. The van der Waals surface area contributed by atoms with Crippen LogP contribution in [-0.2, 0) is 0 Å². The number of ether oxygens (including phenoxy) is 1. The van der Waals surface area contributed by atoms with E-state index < -0.39 is 0 Å². The van der Waals surface area contributed by atoms with E-state index in [0.29, 0.717) is 0 Å². The summed E-state index contributed by atoms with van der Waals surface area (Å²) in [6, 6.07) is 93.3. The van der Waals surface area contributed by atoms with Crippen molar-refractivity contribution in [3.63, 3.8) is 0 Å². The van der Waals surface area contributed by atoms with Gasteiger partial charge in [-0.25, -0.2) is 0 Å². The molecule has 15 rings (SSSR count). The molecule has 5 nitrogen and oxygen atoms in total. The Kier molecular flexibility index (Phi) is 9.19. The summed E-state index contributed by atoms with van der Waals surface area (Å²) < 4.78 is 16.2. The average molecular weight is 934 g/mol. The van der Waals surface area contributed by atoms with Crippen molar-refractivity contribution in [3.05, 3.63) is 261 Å². The Labute approximate surface area is 421 Å². The maximum absolute atomic E-state index is 7.23. The van der Waals surface area contributed by atoms with E-state index in [2.05, 4.69) is 263 Å². The van der Waals surface area contributed by atoms with Gasteiger partial charge in [-0.1, -0.05) is 170 Å². The van der Waals surface area contributed by atoms with Gasteiger partial charge in [0.05, 0.1) is 39.5 Å². The molecule has 1 aliphatic heterocycles. The van der Waals surface area contributed by atoms with Crippen molar-refractivity contribution in [2.45, 2.75) is 0 Å². The number of anilines is 6. The third-order valence-corrected chi connectivity index (χ3v) is 14.7. The molecule has 0 unspecified atom stereocenters. The smallest absolute Gasteiger partial charge is 0.153 e. The summed E-state index contributed by atoms with van der Waals surface area (Å²) in [5.41, 5.74) is 15.7. The van der Waals surface area contributed by atoms with Gasteiger partial charge >= 0.3 is 0 Å². The largest absolute Gasteiger partial charge is 0.455 e. The van der Waals surface area contributed by atoms with Gasteiger partial charge in [0, 0.05) is 55.3 Å². The highest BCUT2D eigenvalue weighted by molar-refractivity contribution is 6.14. The van der Waals surface area contributed by atoms with E-state index in [4.69, 9.17) is 9.15 Å². The molecule has 3 heterocycles. The molecule has 12 aromatic carbocycles. The van der Waals surface area contributed by atoms with E-state index in [1.807, 2.05) is 12.1 Å². The molecular formula is C68H43N3O2. The summed E-state index contributed by atoms with van der Waals surface area (Å²) in [5, 5.41) is 9.28. The zero-order valence-corrected chi connectivity index (χ0v) is 39.5. The van der Waals surface area contributed by atoms with Gasteiger partial charge < -0.3 is 23.5 Å². The fourth-order valence-corrected chi connectivity index (χ4v) is 11.5. The summed E-state index contributed by atoms with van der Waals surface area (Å²) in [6.07, 6.45) is 0. The lowest BCUT2D eigenvalue weighted by molar-refractivity contribution is 0.477. The van der Waals surface area contributed by atoms with Crippen molar-refractivity contribution >= 4 is 99.4 Å². The van der Waals surface area contributed by atoms with Crippen molar-refractivity contribution in [1.29, 1.82) is 0 Å². The number of para-hydroxylation sites is 5. The number of benzene rings is 12. The fourth-order valence-electron chi connectivity index (χ4n) is 11.5. The minimum absolute atomic E-state index is 0.749. The molecule has 0 saturated carbocycles. The predicted octanol–water partition coefficient (Wildman–Crippen LogP) is 19.4. The molecule has 0 amide bonds. The second-order valence-electron chi connectivity index (χ2n) is 18.8. The highest BCUT2D eigenvalue weighted by Crippen LogP contribution is 2.55. The molecule has 0 atom stereocenters. The van der Waals surface area contributed by atoms with Gasteiger partial charge in [0.25, 0.3) is 0 Å². The van der Waals surface area contributed by atoms with Crippen molar-refractivity contribution < 1.29 is 9.15 Å². The van der Waals surface area contributed by atoms with E-state index in [0.717, 1.165) is 106 Å². The normalized spacial score (nSPS) is 12.2. The van der Waals surface area contributed by atoms with Gasteiger partial charge in [0.2, 0.25) is 0 Å². The van der Waals surface area contributed by atoms with Gasteiger partial charge in [0.15, 0.2) is 11.5 Å². The molecule has 0 spiro atoms. The first-order valence-corrected chi connectivity index (χ1v) is 24.8. The van der Waals surface area contributed by atoms with E-state index in [1.165, 1.54) is 32.8 Å². The molecule has 0 fully saturated rings.